The third-order valence-corrected chi connectivity index (χ3v) is 4.61. The van der Waals surface area contributed by atoms with Gasteiger partial charge in [0.2, 0.25) is 0 Å². The van der Waals surface area contributed by atoms with Gasteiger partial charge in [0.05, 0.1) is 0 Å². The molecule has 0 aliphatic rings. The van der Waals surface area contributed by atoms with Crippen molar-refractivity contribution in [3.8, 4) is 0 Å². The summed E-state index contributed by atoms with van der Waals surface area (Å²) in [5.41, 5.74) is 11.4. The van der Waals surface area contributed by atoms with Crippen LogP contribution in [0.25, 0.3) is 0 Å². The zero-order valence-corrected chi connectivity index (χ0v) is 15.7. The molecule has 0 heteroatoms. The Morgan fingerprint density at radius 1 is 0.636 bits per heavy atom. The molecule has 0 N–H and O–H groups in total. The van der Waals surface area contributed by atoms with Crippen LogP contribution in [0.3, 0.4) is 0 Å². The fourth-order valence-corrected chi connectivity index (χ4v) is 2.95. The third-order valence-electron chi connectivity index (χ3n) is 4.61. The molecule has 0 atom stereocenters. The van der Waals surface area contributed by atoms with E-state index in [0.717, 1.165) is 12.8 Å². The van der Waals surface area contributed by atoms with E-state index in [1.54, 1.807) is 0 Å². The molecule has 0 aromatic heterocycles. The average molecular weight is 296 g/mol. The maximum atomic E-state index is 2.38. The van der Waals surface area contributed by atoms with Gasteiger partial charge < -0.3 is 0 Å². The Labute approximate surface area is 137 Å². The van der Waals surface area contributed by atoms with Crippen LogP contribution >= 0.6 is 0 Å². The summed E-state index contributed by atoms with van der Waals surface area (Å²) in [4.78, 5) is 0. The van der Waals surface area contributed by atoms with Gasteiger partial charge in [-0.05, 0) is 92.0 Å². The van der Waals surface area contributed by atoms with Crippen LogP contribution in [-0.2, 0) is 12.8 Å². The summed E-state index contributed by atoms with van der Waals surface area (Å²) >= 11 is 0. The van der Waals surface area contributed by atoms with Crippen LogP contribution in [0.5, 0.6) is 0 Å². The number of rotatable bonds is 3. The Morgan fingerprint density at radius 2 is 1.05 bits per heavy atom. The lowest BCUT2D eigenvalue weighted by Crippen LogP contribution is -1.98. The van der Waals surface area contributed by atoms with Crippen molar-refractivity contribution in [3.05, 3.63) is 68.8 Å². The molecule has 0 spiro atoms. The van der Waals surface area contributed by atoms with Gasteiger partial charge in [-0.3, -0.25) is 0 Å². The lowest BCUT2D eigenvalue weighted by atomic mass is 9.93. The molecular weight excluding hydrogens is 264 g/mol. The second-order valence-electron chi connectivity index (χ2n) is 6.08. The normalized spacial score (nSPS) is 10.2. The van der Waals surface area contributed by atoms with Crippen molar-refractivity contribution in [2.45, 2.75) is 68.2 Å². The Bertz CT molecular complexity index is 610. The summed E-state index contributed by atoms with van der Waals surface area (Å²) in [7, 11) is 0. The first kappa shape index (κ1) is 18.5. The molecule has 0 heterocycles. The first-order valence-corrected chi connectivity index (χ1v) is 8.58. The number of benzene rings is 2. The molecular formula is C22H32. The molecule has 0 aliphatic heterocycles. The highest BCUT2D eigenvalue weighted by molar-refractivity contribution is 5.42. The van der Waals surface area contributed by atoms with E-state index in [0.29, 0.717) is 0 Å². The van der Waals surface area contributed by atoms with Gasteiger partial charge in [-0.2, -0.15) is 0 Å². The van der Waals surface area contributed by atoms with Gasteiger partial charge in [-0.1, -0.05) is 45.0 Å². The van der Waals surface area contributed by atoms with E-state index in [9.17, 15) is 0 Å². The molecule has 0 unspecified atom stereocenters. The Kier molecular flexibility index (Phi) is 6.87. The maximum absolute atomic E-state index is 2.38. The lowest BCUT2D eigenvalue weighted by Gasteiger charge is -2.13. The van der Waals surface area contributed by atoms with Crippen LogP contribution < -0.4 is 0 Å². The molecule has 22 heavy (non-hydrogen) atoms. The largest absolute Gasteiger partial charge is 0.0683 e. The summed E-state index contributed by atoms with van der Waals surface area (Å²) in [6.07, 6.45) is 2.16. The standard InChI is InChI=1S/C20H26.C2H6/c1-7-20-12-19(10-15(4)17(20)6)11-18-8-13(2)16(5)14(3)9-18;1-2/h8-10,12H,7,11H2,1-6H3;1-2H3. The highest BCUT2D eigenvalue weighted by Gasteiger charge is 2.06. The molecule has 0 fully saturated rings. The molecule has 2 rings (SSSR count). The van der Waals surface area contributed by atoms with Gasteiger partial charge in [0.1, 0.15) is 0 Å². The molecule has 0 amide bonds. The monoisotopic (exact) mass is 296 g/mol. The first-order chi connectivity index (χ1) is 10.4. The van der Waals surface area contributed by atoms with Crippen LogP contribution in [0.2, 0.25) is 0 Å². The Hall–Kier alpha value is -1.56. The third kappa shape index (κ3) is 4.22. The maximum Gasteiger partial charge on any atom is -0.00254 e. The SMILES string of the molecule is CC.CCc1cc(Cc2cc(C)c(C)c(C)c2)cc(C)c1C. The van der Waals surface area contributed by atoms with Crippen molar-refractivity contribution in [2.24, 2.45) is 0 Å². The van der Waals surface area contributed by atoms with Gasteiger partial charge in [-0.25, -0.2) is 0 Å². The van der Waals surface area contributed by atoms with Crippen molar-refractivity contribution < 1.29 is 0 Å². The fourth-order valence-electron chi connectivity index (χ4n) is 2.95. The lowest BCUT2D eigenvalue weighted by molar-refractivity contribution is 1.06. The van der Waals surface area contributed by atoms with E-state index in [2.05, 4.69) is 65.8 Å². The van der Waals surface area contributed by atoms with Crippen LogP contribution in [0.4, 0.5) is 0 Å². The zero-order chi connectivity index (χ0) is 16.9. The molecule has 0 radical (unpaired) electrons. The number of hydrogen-bond donors (Lipinski definition) is 0. The highest BCUT2D eigenvalue weighted by Crippen LogP contribution is 2.22. The van der Waals surface area contributed by atoms with Crippen molar-refractivity contribution >= 4 is 0 Å². The van der Waals surface area contributed by atoms with Crippen LogP contribution in [0.15, 0.2) is 24.3 Å². The van der Waals surface area contributed by atoms with E-state index < -0.39 is 0 Å². The predicted molar refractivity (Wildman–Crippen MR) is 100 cm³/mol. The Balaban J connectivity index is 0.00000116. The molecule has 2 aromatic carbocycles. The Morgan fingerprint density at radius 3 is 1.50 bits per heavy atom. The minimum atomic E-state index is 1.04. The van der Waals surface area contributed by atoms with Crippen molar-refractivity contribution in [1.29, 1.82) is 0 Å². The summed E-state index contributed by atoms with van der Waals surface area (Å²) in [6, 6.07) is 9.40. The summed E-state index contributed by atoms with van der Waals surface area (Å²) in [5, 5.41) is 0. The molecule has 120 valence electrons. The van der Waals surface area contributed by atoms with Crippen LogP contribution in [0.1, 0.15) is 65.3 Å². The molecule has 0 nitrogen and oxygen atoms in total. The predicted octanol–water partition coefficient (Wildman–Crippen LogP) is 6.41. The van der Waals surface area contributed by atoms with E-state index in [-0.39, 0.29) is 0 Å². The van der Waals surface area contributed by atoms with Crippen LogP contribution in [-0.4, -0.2) is 0 Å². The molecule has 0 bridgehead atoms. The summed E-state index contributed by atoms with van der Waals surface area (Å²) < 4.78 is 0. The van der Waals surface area contributed by atoms with Gasteiger partial charge in [0, 0.05) is 0 Å². The summed E-state index contributed by atoms with van der Waals surface area (Å²) in [5.74, 6) is 0. The van der Waals surface area contributed by atoms with E-state index in [4.69, 9.17) is 0 Å². The second kappa shape index (κ2) is 8.17. The average Bonchev–Trinajstić information content (AvgIpc) is 2.50. The number of aryl methyl sites for hydroxylation is 4. The van der Waals surface area contributed by atoms with Gasteiger partial charge in [-0.15, -0.1) is 0 Å². The first-order valence-electron chi connectivity index (χ1n) is 8.58. The van der Waals surface area contributed by atoms with Gasteiger partial charge in [0.25, 0.3) is 0 Å². The summed E-state index contributed by atoms with van der Waals surface area (Å²) in [6.45, 7) is 17.3. The van der Waals surface area contributed by atoms with Crippen molar-refractivity contribution in [1.82, 2.24) is 0 Å². The van der Waals surface area contributed by atoms with Gasteiger partial charge in [0.15, 0.2) is 0 Å². The molecule has 0 saturated carbocycles. The van der Waals surface area contributed by atoms with E-state index in [1.807, 2.05) is 13.8 Å². The van der Waals surface area contributed by atoms with Gasteiger partial charge >= 0.3 is 0 Å². The smallest absolute Gasteiger partial charge is 0.00254 e. The zero-order valence-electron chi connectivity index (χ0n) is 15.7. The molecule has 0 aliphatic carbocycles. The minimum Gasteiger partial charge on any atom is -0.0683 e. The topological polar surface area (TPSA) is 0 Å². The number of hydrogen-bond acceptors (Lipinski definition) is 0. The van der Waals surface area contributed by atoms with Crippen LogP contribution in [0, 0.1) is 34.6 Å². The van der Waals surface area contributed by atoms with E-state index in [1.165, 1.54) is 44.5 Å². The highest BCUT2D eigenvalue weighted by atomic mass is 14.1. The minimum absolute atomic E-state index is 1.04. The van der Waals surface area contributed by atoms with Crippen molar-refractivity contribution in [3.63, 3.8) is 0 Å². The molecule has 2 aromatic rings. The fraction of sp³-hybridized carbons (Fsp3) is 0.455. The van der Waals surface area contributed by atoms with Crippen molar-refractivity contribution in [2.75, 3.05) is 0 Å². The van der Waals surface area contributed by atoms with E-state index >= 15 is 0 Å². The molecule has 0 saturated heterocycles. The quantitative estimate of drug-likeness (QED) is 0.614. The second-order valence-corrected chi connectivity index (χ2v) is 6.08.